The third-order valence-corrected chi connectivity index (χ3v) is 6.07. The van der Waals surface area contributed by atoms with E-state index in [9.17, 15) is 5.11 Å². The molecule has 0 amide bonds. The van der Waals surface area contributed by atoms with Gasteiger partial charge in [0.2, 0.25) is 0 Å². The van der Waals surface area contributed by atoms with Gasteiger partial charge in [0, 0.05) is 57.0 Å². The van der Waals surface area contributed by atoms with Crippen molar-refractivity contribution in [1.29, 1.82) is 0 Å². The predicted molar refractivity (Wildman–Crippen MR) is 121 cm³/mol. The van der Waals surface area contributed by atoms with Crippen LogP contribution in [0.2, 0.25) is 0 Å². The highest BCUT2D eigenvalue weighted by Crippen LogP contribution is 2.23. The summed E-state index contributed by atoms with van der Waals surface area (Å²) in [5, 5.41) is 10.8. The smallest absolute Gasteiger partial charge is 0.121 e. The van der Waals surface area contributed by atoms with Crippen molar-refractivity contribution in [2.45, 2.75) is 32.5 Å². The molecule has 1 fully saturated rings. The molecule has 30 heavy (non-hydrogen) atoms. The van der Waals surface area contributed by atoms with Gasteiger partial charge in [-0.3, -0.25) is 14.8 Å². The summed E-state index contributed by atoms with van der Waals surface area (Å²) in [7, 11) is 1.71. The van der Waals surface area contributed by atoms with Crippen LogP contribution in [0.25, 0.3) is 10.9 Å². The molecule has 1 N–H and O–H groups in total. The summed E-state index contributed by atoms with van der Waals surface area (Å²) in [6, 6.07) is 17.4. The largest absolute Gasteiger partial charge is 0.496 e. The molecule has 0 saturated carbocycles. The molecule has 0 bridgehead atoms. The molecule has 5 nitrogen and oxygen atoms in total. The number of piperazine rings is 1. The van der Waals surface area contributed by atoms with Crippen molar-refractivity contribution in [3.8, 4) is 5.75 Å². The Morgan fingerprint density at radius 1 is 1.07 bits per heavy atom. The first-order valence-electron chi connectivity index (χ1n) is 10.7. The van der Waals surface area contributed by atoms with Crippen molar-refractivity contribution >= 4 is 10.9 Å². The minimum absolute atomic E-state index is 0.221. The molecule has 1 saturated heterocycles. The summed E-state index contributed by atoms with van der Waals surface area (Å²) in [4.78, 5) is 9.44. The average Bonchev–Trinajstić information content (AvgIpc) is 2.76. The van der Waals surface area contributed by atoms with Gasteiger partial charge >= 0.3 is 0 Å². The number of rotatable bonds is 7. The highest BCUT2D eigenvalue weighted by Gasteiger charge is 2.26. The molecular weight excluding hydrogens is 374 g/mol. The van der Waals surface area contributed by atoms with E-state index in [1.54, 1.807) is 7.11 Å². The number of aliphatic hydroxyl groups excluding tert-OH is 1. The number of methoxy groups -OCH3 is 1. The molecule has 4 rings (SSSR count). The molecule has 2 aromatic carbocycles. The summed E-state index contributed by atoms with van der Waals surface area (Å²) in [5.74, 6) is 0.932. The molecule has 0 radical (unpaired) electrons. The van der Waals surface area contributed by atoms with Crippen molar-refractivity contribution in [3.05, 3.63) is 71.4 Å². The zero-order valence-corrected chi connectivity index (χ0v) is 17.9. The normalized spacial score (nSPS) is 18.0. The summed E-state index contributed by atoms with van der Waals surface area (Å²) >= 11 is 0. The zero-order chi connectivity index (χ0) is 20.9. The van der Waals surface area contributed by atoms with Crippen molar-refractivity contribution < 1.29 is 9.84 Å². The number of hydrogen-bond acceptors (Lipinski definition) is 5. The first-order valence-corrected chi connectivity index (χ1v) is 10.7. The fourth-order valence-corrected chi connectivity index (χ4v) is 4.49. The Labute approximate surface area is 178 Å². The first kappa shape index (κ1) is 20.8. The van der Waals surface area contributed by atoms with Crippen molar-refractivity contribution in [1.82, 2.24) is 14.8 Å². The van der Waals surface area contributed by atoms with Crippen LogP contribution in [-0.2, 0) is 13.1 Å². The maximum absolute atomic E-state index is 9.64. The first-order chi connectivity index (χ1) is 14.7. The third kappa shape index (κ3) is 4.81. The van der Waals surface area contributed by atoms with Gasteiger partial charge in [0.05, 0.1) is 12.6 Å². The van der Waals surface area contributed by atoms with Crippen LogP contribution in [0, 0.1) is 6.92 Å². The van der Waals surface area contributed by atoms with Crippen LogP contribution in [0.3, 0.4) is 0 Å². The molecular formula is C25H31N3O2. The monoisotopic (exact) mass is 405 g/mol. The van der Waals surface area contributed by atoms with Crippen LogP contribution in [0.15, 0.2) is 54.7 Å². The number of aryl methyl sites for hydroxylation is 1. The van der Waals surface area contributed by atoms with Gasteiger partial charge in [-0.1, -0.05) is 24.3 Å². The van der Waals surface area contributed by atoms with Gasteiger partial charge in [0.15, 0.2) is 0 Å². The van der Waals surface area contributed by atoms with E-state index in [2.05, 4.69) is 64.2 Å². The number of nitrogens with zero attached hydrogens (tertiary/aromatic N) is 3. The Bertz CT molecular complexity index is 991. The molecule has 158 valence electrons. The van der Waals surface area contributed by atoms with Gasteiger partial charge in [0.1, 0.15) is 5.75 Å². The second-order valence-corrected chi connectivity index (χ2v) is 8.21. The second kappa shape index (κ2) is 9.56. The molecule has 5 heteroatoms. The number of pyridine rings is 1. The quantitative estimate of drug-likeness (QED) is 0.651. The fraction of sp³-hybridized carbons (Fsp3) is 0.400. The number of ether oxygens (including phenoxy) is 1. The van der Waals surface area contributed by atoms with Gasteiger partial charge in [-0.05, 0) is 54.3 Å². The number of hydrogen-bond donors (Lipinski definition) is 1. The topological polar surface area (TPSA) is 48.8 Å². The number of benzene rings is 2. The van der Waals surface area contributed by atoms with Crippen LogP contribution < -0.4 is 4.74 Å². The van der Waals surface area contributed by atoms with Gasteiger partial charge in [-0.25, -0.2) is 0 Å². The van der Waals surface area contributed by atoms with Gasteiger partial charge in [0.25, 0.3) is 0 Å². The maximum atomic E-state index is 9.64. The molecule has 1 atom stereocenters. The van der Waals surface area contributed by atoms with E-state index in [1.165, 1.54) is 16.5 Å². The van der Waals surface area contributed by atoms with Crippen LogP contribution in [0.4, 0.5) is 0 Å². The average molecular weight is 406 g/mol. The second-order valence-electron chi connectivity index (χ2n) is 8.21. The molecule has 1 aromatic heterocycles. The molecule has 2 heterocycles. The Morgan fingerprint density at radius 3 is 2.70 bits per heavy atom. The minimum atomic E-state index is 0.221. The number of fused-ring (bicyclic) bond motifs is 1. The highest BCUT2D eigenvalue weighted by atomic mass is 16.5. The Hall–Kier alpha value is -2.47. The molecule has 1 aliphatic heterocycles. The van der Waals surface area contributed by atoms with E-state index < -0.39 is 0 Å². The SMILES string of the molecule is COc1ccc(CN2CCN(Cc3ccc4ncccc4c3)C[C@H]2CCO)cc1C. The van der Waals surface area contributed by atoms with E-state index in [0.717, 1.165) is 56.0 Å². The number of aromatic nitrogens is 1. The lowest BCUT2D eigenvalue weighted by molar-refractivity contribution is 0.0500. The van der Waals surface area contributed by atoms with Crippen LogP contribution in [0.1, 0.15) is 23.1 Å². The lowest BCUT2D eigenvalue weighted by atomic mass is 10.0. The fourth-order valence-electron chi connectivity index (χ4n) is 4.49. The Balaban J connectivity index is 1.42. The molecule has 0 spiro atoms. The van der Waals surface area contributed by atoms with E-state index in [1.807, 2.05) is 12.3 Å². The van der Waals surface area contributed by atoms with E-state index in [-0.39, 0.29) is 6.61 Å². The van der Waals surface area contributed by atoms with Gasteiger partial charge in [-0.2, -0.15) is 0 Å². The number of aliphatic hydroxyl groups is 1. The molecule has 1 aliphatic rings. The van der Waals surface area contributed by atoms with E-state index >= 15 is 0 Å². The Kier molecular flexibility index (Phi) is 6.62. The third-order valence-electron chi connectivity index (χ3n) is 6.07. The highest BCUT2D eigenvalue weighted by molar-refractivity contribution is 5.78. The maximum Gasteiger partial charge on any atom is 0.121 e. The lowest BCUT2D eigenvalue weighted by Crippen LogP contribution is -2.52. The standard InChI is InChI=1S/C25H31N3O2/c1-19-14-20(6-8-25(19)30-2)17-28-12-11-27(18-23(28)9-13-29)16-21-5-7-24-22(15-21)4-3-10-26-24/h3-8,10,14-15,23,29H,9,11-13,16-18H2,1-2H3/t23-/m1/s1. The Morgan fingerprint density at radius 2 is 1.90 bits per heavy atom. The van der Waals surface area contributed by atoms with Crippen molar-refractivity contribution in [2.24, 2.45) is 0 Å². The summed E-state index contributed by atoms with van der Waals surface area (Å²) < 4.78 is 5.39. The molecule has 3 aromatic rings. The van der Waals surface area contributed by atoms with Crippen LogP contribution in [0.5, 0.6) is 5.75 Å². The van der Waals surface area contributed by atoms with Crippen molar-refractivity contribution in [3.63, 3.8) is 0 Å². The van der Waals surface area contributed by atoms with E-state index in [0.29, 0.717) is 6.04 Å². The van der Waals surface area contributed by atoms with Crippen LogP contribution >= 0.6 is 0 Å². The molecule has 0 unspecified atom stereocenters. The minimum Gasteiger partial charge on any atom is -0.496 e. The van der Waals surface area contributed by atoms with Gasteiger partial charge < -0.3 is 9.84 Å². The van der Waals surface area contributed by atoms with Crippen molar-refractivity contribution in [2.75, 3.05) is 33.4 Å². The lowest BCUT2D eigenvalue weighted by Gasteiger charge is -2.41. The predicted octanol–water partition coefficient (Wildman–Crippen LogP) is 3.62. The zero-order valence-electron chi connectivity index (χ0n) is 17.9. The summed E-state index contributed by atoms with van der Waals surface area (Å²) in [5.41, 5.74) is 4.82. The van der Waals surface area contributed by atoms with Gasteiger partial charge in [-0.15, -0.1) is 0 Å². The summed E-state index contributed by atoms with van der Waals surface area (Å²) in [6.45, 7) is 7.16. The van der Waals surface area contributed by atoms with Crippen LogP contribution in [-0.4, -0.2) is 59.3 Å². The summed E-state index contributed by atoms with van der Waals surface area (Å²) in [6.07, 6.45) is 2.64. The molecule has 0 aliphatic carbocycles. The van der Waals surface area contributed by atoms with E-state index in [4.69, 9.17) is 4.74 Å².